The molecule has 0 saturated carbocycles. The van der Waals surface area contributed by atoms with E-state index in [-0.39, 0.29) is 14.9 Å². The monoisotopic (exact) mass is 294 g/mol. The van der Waals surface area contributed by atoms with E-state index < -0.39 is 8.80 Å². The van der Waals surface area contributed by atoms with Crippen LogP contribution in [0.2, 0.25) is 6.04 Å². The highest BCUT2D eigenvalue weighted by molar-refractivity contribution is 6.60. The van der Waals surface area contributed by atoms with Crippen LogP contribution in [0.25, 0.3) is 0 Å². The Labute approximate surface area is 123 Å². The average Bonchev–Trinajstić information content (AvgIpc) is 2.28. The second-order valence-corrected chi connectivity index (χ2v) is 8.86. The van der Waals surface area contributed by atoms with Crippen LogP contribution in [0.4, 0.5) is 0 Å². The summed E-state index contributed by atoms with van der Waals surface area (Å²) in [5.74, 6) is 0. The SMILES string of the molecule is C.C.CO[Si](CCCCCCC(C)(C)C)(OC)OC. The normalized spacial score (nSPS) is 11.7. The summed E-state index contributed by atoms with van der Waals surface area (Å²) in [5.41, 5.74) is 0.462. The van der Waals surface area contributed by atoms with Gasteiger partial charge in [-0.3, -0.25) is 0 Å². The molecule has 0 aromatic rings. The van der Waals surface area contributed by atoms with Crippen LogP contribution >= 0.6 is 0 Å². The van der Waals surface area contributed by atoms with Gasteiger partial charge in [-0.25, -0.2) is 0 Å². The fourth-order valence-corrected chi connectivity index (χ4v) is 3.70. The molecule has 0 bridgehead atoms. The second-order valence-electron chi connectivity index (χ2n) is 5.77. The Kier molecular flexibility index (Phi) is 15.1. The van der Waals surface area contributed by atoms with Crippen molar-refractivity contribution in [1.29, 1.82) is 0 Å². The van der Waals surface area contributed by atoms with Crippen LogP contribution in [0.15, 0.2) is 0 Å². The van der Waals surface area contributed by atoms with Crippen molar-refractivity contribution < 1.29 is 13.3 Å². The first kappa shape index (κ1) is 24.1. The Morgan fingerprint density at radius 3 is 1.53 bits per heavy atom. The molecule has 0 aliphatic rings. The molecule has 0 radical (unpaired) electrons. The minimum Gasteiger partial charge on any atom is -0.377 e. The van der Waals surface area contributed by atoms with Crippen molar-refractivity contribution in [3.05, 3.63) is 0 Å². The molecule has 0 fully saturated rings. The molecule has 0 unspecified atom stereocenters. The molecule has 0 aliphatic heterocycles. The maximum atomic E-state index is 5.39. The van der Waals surface area contributed by atoms with E-state index in [1.165, 1.54) is 25.7 Å². The van der Waals surface area contributed by atoms with E-state index in [0.717, 1.165) is 12.5 Å². The van der Waals surface area contributed by atoms with Crippen LogP contribution in [-0.4, -0.2) is 30.1 Å². The van der Waals surface area contributed by atoms with E-state index in [1.54, 1.807) is 21.3 Å². The highest BCUT2D eigenvalue weighted by Gasteiger charge is 2.36. The van der Waals surface area contributed by atoms with E-state index in [2.05, 4.69) is 20.8 Å². The van der Waals surface area contributed by atoms with Gasteiger partial charge in [0.2, 0.25) is 0 Å². The molecule has 0 N–H and O–H groups in total. The summed E-state index contributed by atoms with van der Waals surface area (Å²) in [7, 11) is 2.72. The molecule has 4 heteroatoms. The molecule has 0 amide bonds. The van der Waals surface area contributed by atoms with Crippen LogP contribution in [0.3, 0.4) is 0 Å². The molecule has 0 rings (SSSR count). The maximum absolute atomic E-state index is 5.39. The zero-order valence-electron chi connectivity index (χ0n) is 12.5. The molecular formula is C15H38O3Si. The zero-order valence-corrected chi connectivity index (χ0v) is 13.5. The third kappa shape index (κ3) is 11.6. The minimum atomic E-state index is -2.31. The molecule has 3 nitrogen and oxygen atoms in total. The fraction of sp³-hybridized carbons (Fsp3) is 1.00. The molecule has 0 atom stereocenters. The van der Waals surface area contributed by atoms with Crippen molar-refractivity contribution in [2.24, 2.45) is 5.41 Å². The molecule has 0 spiro atoms. The molecule has 0 saturated heterocycles. The van der Waals surface area contributed by atoms with Crippen LogP contribution in [-0.2, 0) is 13.3 Å². The molecule has 0 heterocycles. The van der Waals surface area contributed by atoms with Crippen molar-refractivity contribution in [3.8, 4) is 0 Å². The number of unbranched alkanes of at least 4 members (excludes halogenated alkanes) is 3. The first-order chi connectivity index (χ1) is 7.89. The van der Waals surface area contributed by atoms with Crippen molar-refractivity contribution in [2.75, 3.05) is 21.3 Å². The standard InChI is InChI=1S/C13H30O3Si.2CH4/c1-13(2,3)11-9-7-8-10-12-17(14-4,15-5)16-6;;/h7-12H2,1-6H3;2*1H4. The van der Waals surface area contributed by atoms with Crippen molar-refractivity contribution in [2.45, 2.75) is 73.8 Å². The quantitative estimate of drug-likeness (QED) is 0.435. The minimum absolute atomic E-state index is 0. The average molecular weight is 295 g/mol. The lowest BCUT2D eigenvalue weighted by atomic mass is 9.89. The molecule has 19 heavy (non-hydrogen) atoms. The van der Waals surface area contributed by atoms with Crippen LogP contribution < -0.4 is 0 Å². The van der Waals surface area contributed by atoms with E-state index in [9.17, 15) is 0 Å². The number of hydrogen-bond donors (Lipinski definition) is 0. The molecular weight excluding hydrogens is 256 g/mol. The molecule has 0 aromatic carbocycles. The largest absolute Gasteiger partial charge is 0.500 e. The summed E-state index contributed by atoms with van der Waals surface area (Å²) in [5, 5.41) is 0. The Morgan fingerprint density at radius 2 is 1.16 bits per heavy atom. The predicted molar refractivity (Wildman–Crippen MR) is 87.6 cm³/mol. The molecule has 120 valence electrons. The van der Waals surface area contributed by atoms with Gasteiger partial charge in [-0.2, -0.15) is 0 Å². The topological polar surface area (TPSA) is 27.7 Å². The number of hydrogen-bond acceptors (Lipinski definition) is 3. The van der Waals surface area contributed by atoms with Gasteiger partial charge in [0.15, 0.2) is 0 Å². The van der Waals surface area contributed by atoms with E-state index in [0.29, 0.717) is 5.41 Å². The first-order valence-electron chi connectivity index (χ1n) is 6.54. The van der Waals surface area contributed by atoms with E-state index in [4.69, 9.17) is 13.3 Å². The Balaban J connectivity index is -0.00000128. The number of rotatable bonds is 9. The summed E-state index contributed by atoms with van der Waals surface area (Å²) in [6.07, 6.45) is 6.27. The first-order valence-corrected chi connectivity index (χ1v) is 8.48. The highest BCUT2D eigenvalue weighted by Crippen LogP contribution is 2.23. The van der Waals surface area contributed by atoms with E-state index >= 15 is 0 Å². The Hall–Kier alpha value is 0.0969. The van der Waals surface area contributed by atoms with Crippen LogP contribution in [0.5, 0.6) is 0 Å². The van der Waals surface area contributed by atoms with Gasteiger partial charge in [0.25, 0.3) is 0 Å². The lowest BCUT2D eigenvalue weighted by Gasteiger charge is -2.24. The van der Waals surface area contributed by atoms with Crippen LogP contribution in [0, 0.1) is 5.41 Å². The summed E-state index contributed by atoms with van der Waals surface area (Å²) >= 11 is 0. The lowest BCUT2D eigenvalue weighted by molar-refractivity contribution is 0.122. The zero-order chi connectivity index (χ0) is 13.4. The third-order valence-electron chi connectivity index (χ3n) is 3.09. The smallest absolute Gasteiger partial charge is 0.377 e. The van der Waals surface area contributed by atoms with Gasteiger partial charge in [-0.05, 0) is 18.3 Å². The Bertz CT molecular complexity index is 178. The third-order valence-corrected chi connectivity index (χ3v) is 5.92. The van der Waals surface area contributed by atoms with Gasteiger partial charge in [0, 0.05) is 27.4 Å². The fourth-order valence-electron chi connectivity index (χ4n) is 1.91. The van der Waals surface area contributed by atoms with Gasteiger partial charge in [0.05, 0.1) is 0 Å². The van der Waals surface area contributed by atoms with Crippen molar-refractivity contribution in [1.82, 2.24) is 0 Å². The van der Waals surface area contributed by atoms with E-state index in [1.807, 2.05) is 0 Å². The van der Waals surface area contributed by atoms with Gasteiger partial charge in [-0.1, -0.05) is 54.9 Å². The van der Waals surface area contributed by atoms with Gasteiger partial charge in [0.1, 0.15) is 0 Å². The van der Waals surface area contributed by atoms with Crippen LogP contribution in [0.1, 0.15) is 67.7 Å². The van der Waals surface area contributed by atoms with Gasteiger partial charge < -0.3 is 13.3 Å². The molecule has 0 aliphatic carbocycles. The Morgan fingerprint density at radius 1 is 0.737 bits per heavy atom. The maximum Gasteiger partial charge on any atom is 0.500 e. The van der Waals surface area contributed by atoms with Gasteiger partial charge >= 0.3 is 8.80 Å². The summed E-state index contributed by atoms with van der Waals surface area (Å²) in [6, 6.07) is 0.923. The highest BCUT2D eigenvalue weighted by atomic mass is 28.4. The van der Waals surface area contributed by atoms with Crippen molar-refractivity contribution >= 4 is 8.80 Å². The summed E-state index contributed by atoms with van der Waals surface area (Å²) in [6.45, 7) is 6.89. The predicted octanol–water partition coefficient (Wildman–Crippen LogP) is 5.13. The summed E-state index contributed by atoms with van der Waals surface area (Å²) in [4.78, 5) is 0. The van der Waals surface area contributed by atoms with Crippen molar-refractivity contribution in [3.63, 3.8) is 0 Å². The molecule has 0 aromatic heterocycles. The summed E-state index contributed by atoms with van der Waals surface area (Å²) < 4.78 is 16.2. The lowest BCUT2D eigenvalue weighted by Crippen LogP contribution is -2.42. The van der Waals surface area contributed by atoms with Gasteiger partial charge in [-0.15, -0.1) is 0 Å². The second kappa shape index (κ2) is 11.9.